The van der Waals surface area contributed by atoms with Crippen LogP contribution in [0, 0.1) is 29.6 Å². The molecule has 0 radical (unpaired) electrons. The summed E-state index contributed by atoms with van der Waals surface area (Å²) in [4.78, 5) is 2.64. The van der Waals surface area contributed by atoms with Crippen LogP contribution in [0.5, 0.6) is 0 Å². The van der Waals surface area contributed by atoms with Crippen LogP contribution in [0.25, 0.3) is 23.3 Å². The molecule has 0 amide bonds. The van der Waals surface area contributed by atoms with Crippen LogP contribution in [-0.2, 0) is 13.0 Å². The summed E-state index contributed by atoms with van der Waals surface area (Å²) in [7, 11) is 0. The van der Waals surface area contributed by atoms with Gasteiger partial charge in [0.05, 0.1) is 11.6 Å². The second-order valence-electron chi connectivity index (χ2n) is 10.6. The highest BCUT2D eigenvalue weighted by Gasteiger charge is 2.20. The Kier molecular flexibility index (Phi) is 9.91. The predicted molar refractivity (Wildman–Crippen MR) is 158 cm³/mol. The van der Waals surface area contributed by atoms with Gasteiger partial charge in [-0.05, 0) is 91.9 Å². The number of hydrogen-bond donors (Lipinski definition) is 0. The quantitative estimate of drug-likeness (QED) is 0.206. The van der Waals surface area contributed by atoms with Gasteiger partial charge in [0.1, 0.15) is 6.07 Å². The van der Waals surface area contributed by atoms with Crippen molar-refractivity contribution in [2.75, 3.05) is 6.54 Å². The second-order valence-corrected chi connectivity index (χ2v) is 10.6. The van der Waals surface area contributed by atoms with E-state index in [9.17, 15) is 5.26 Å². The minimum atomic E-state index is 0.617. The minimum Gasteiger partial charge on any atom is -0.296 e. The Morgan fingerprint density at radius 3 is 2.47 bits per heavy atom. The van der Waals surface area contributed by atoms with Crippen LogP contribution in [0.2, 0.25) is 0 Å². The molecule has 1 aliphatic heterocycles. The molecule has 194 valence electrons. The van der Waals surface area contributed by atoms with E-state index in [-0.39, 0.29) is 0 Å². The maximum Gasteiger partial charge on any atom is 0.100 e. The Morgan fingerprint density at radius 2 is 1.71 bits per heavy atom. The fourth-order valence-electron chi connectivity index (χ4n) is 5.57. The van der Waals surface area contributed by atoms with Crippen molar-refractivity contribution in [2.24, 2.45) is 0 Å². The van der Waals surface area contributed by atoms with Crippen molar-refractivity contribution in [2.45, 2.75) is 77.8 Å². The van der Waals surface area contributed by atoms with Crippen molar-refractivity contribution in [3.8, 4) is 23.3 Å². The Labute approximate surface area is 229 Å². The van der Waals surface area contributed by atoms with Crippen LogP contribution in [0.15, 0.2) is 60.7 Å². The number of hydrogen-bond acceptors (Lipinski definition) is 3. The lowest BCUT2D eigenvalue weighted by molar-refractivity contribution is 0.152. The van der Waals surface area contributed by atoms with E-state index in [1.54, 1.807) is 0 Å². The summed E-state index contributed by atoms with van der Waals surface area (Å²) in [5, 5.41) is 18.9. The molecule has 0 aromatic heterocycles. The van der Waals surface area contributed by atoms with E-state index in [4.69, 9.17) is 5.26 Å². The standard InChI is InChI=1S/C35H39N3/c1-27-23-32(16-6-3-4-10-21-36)33(26-38-22-11-9-13-28(38)2)24-31(27)20-19-30-17-12-18-34(35(30)25-37)29-14-7-5-8-15-29/h5,7-8,12,14-15,17-20,23-24,28H,3-4,6,9-11,13,16,22,26H2,1-2H3/b20-19+. The fourth-order valence-corrected chi connectivity index (χ4v) is 5.57. The van der Waals surface area contributed by atoms with Gasteiger partial charge in [-0.1, -0.05) is 79.6 Å². The van der Waals surface area contributed by atoms with Gasteiger partial charge in [-0.25, -0.2) is 0 Å². The second kappa shape index (κ2) is 13.8. The number of unbranched alkanes of at least 4 members (excludes halogenated alkanes) is 3. The molecule has 1 atom stereocenters. The van der Waals surface area contributed by atoms with Crippen molar-refractivity contribution in [3.05, 3.63) is 94.0 Å². The van der Waals surface area contributed by atoms with Crippen LogP contribution >= 0.6 is 0 Å². The van der Waals surface area contributed by atoms with Crippen LogP contribution in [0.3, 0.4) is 0 Å². The largest absolute Gasteiger partial charge is 0.296 e. The van der Waals surface area contributed by atoms with Crippen LogP contribution in [0.4, 0.5) is 0 Å². The van der Waals surface area contributed by atoms with E-state index in [1.165, 1.54) is 48.1 Å². The van der Waals surface area contributed by atoms with Gasteiger partial charge in [0.25, 0.3) is 0 Å². The third-order valence-electron chi connectivity index (χ3n) is 7.87. The zero-order valence-corrected chi connectivity index (χ0v) is 22.9. The molecule has 0 saturated carbocycles. The topological polar surface area (TPSA) is 50.8 Å². The molecule has 0 aliphatic carbocycles. The van der Waals surface area contributed by atoms with Gasteiger partial charge >= 0.3 is 0 Å². The lowest BCUT2D eigenvalue weighted by atomic mass is 9.92. The molecule has 3 nitrogen and oxygen atoms in total. The molecular weight excluding hydrogens is 462 g/mol. The lowest BCUT2D eigenvalue weighted by Gasteiger charge is -2.34. The maximum absolute atomic E-state index is 10.0. The predicted octanol–water partition coefficient (Wildman–Crippen LogP) is 8.70. The Balaban J connectivity index is 1.63. The number of nitriles is 2. The Bertz CT molecular complexity index is 1320. The molecule has 1 heterocycles. The van der Waals surface area contributed by atoms with Gasteiger partial charge in [-0.2, -0.15) is 10.5 Å². The number of benzene rings is 3. The molecule has 3 aromatic rings. The summed E-state index contributed by atoms with van der Waals surface area (Å²) >= 11 is 0. The van der Waals surface area contributed by atoms with Gasteiger partial charge in [-0.15, -0.1) is 0 Å². The molecular formula is C35H39N3. The van der Waals surface area contributed by atoms with E-state index < -0.39 is 0 Å². The molecule has 0 spiro atoms. The normalized spacial score (nSPS) is 15.8. The zero-order valence-electron chi connectivity index (χ0n) is 22.9. The van der Waals surface area contributed by atoms with Gasteiger partial charge in [-0.3, -0.25) is 4.90 Å². The molecule has 1 aliphatic rings. The van der Waals surface area contributed by atoms with Crippen molar-refractivity contribution in [3.63, 3.8) is 0 Å². The third kappa shape index (κ3) is 7.00. The first kappa shape index (κ1) is 27.4. The van der Waals surface area contributed by atoms with E-state index in [2.05, 4.69) is 67.3 Å². The number of likely N-dealkylation sites (tertiary alicyclic amines) is 1. The third-order valence-corrected chi connectivity index (χ3v) is 7.87. The van der Waals surface area contributed by atoms with Crippen molar-refractivity contribution >= 4 is 12.2 Å². The molecule has 38 heavy (non-hydrogen) atoms. The Morgan fingerprint density at radius 1 is 0.895 bits per heavy atom. The zero-order chi connectivity index (χ0) is 26.7. The minimum absolute atomic E-state index is 0.617. The highest BCUT2D eigenvalue weighted by Crippen LogP contribution is 2.29. The molecule has 4 rings (SSSR count). The molecule has 3 heteroatoms. The molecule has 1 saturated heterocycles. The molecule has 1 fully saturated rings. The first-order valence-electron chi connectivity index (χ1n) is 14.1. The van der Waals surface area contributed by atoms with Crippen molar-refractivity contribution in [1.82, 2.24) is 4.90 Å². The van der Waals surface area contributed by atoms with Crippen molar-refractivity contribution in [1.29, 1.82) is 10.5 Å². The van der Waals surface area contributed by atoms with Gasteiger partial charge in [0, 0.05) is 24.6 Å². The summed E-state index contributed by atoms with van der Waals surface area (Å²) in [5.41, 5.74) is 9.03. The molecule has 0 N–H and O–H groups in total. The first-order chi connectivity index (χ1) is 18.6. The highest BCUT2D eigenvalue weighted by molar-refractivity contribution is 5.80. The molecule has 3 aromatic carbocycles. The summed E-state index contributed by atoms with van der Waals surface area (Å²) in [6.45, 7) is 6.71. The van der Waals surface area contributed by atoms with Crippen molar-refractivity contribution < 1.29 is 0 Å². The number of nitrogens with zero attached hydrogens (tertiary/aromatic N) is 3. The average Bonchev–Trinajstić information content (AvgIpc) is 2.94. The van der Waals surface area contributed by atoms with E-state index >= 15 is 0 Å². The van der Waals surface area contributed by atoms with E-state index in [1.807, 2.05) is 36.4 Å². The SMILES string of the molecule is Cc1cc(CCCCCC#N)c(CN2CCCCC2C)cc1/C=C/c1cccc(-c2ccccc2)c1C#N. The highest BCUT2D eigenvalue weighted by atomic mass is 15.2. The maximum atomic E-state index is 10.0. The summed E-state index contributed by atoms with van der Waals surface area (Å²) in [6, 6.07) is 26.3. The summed E-state index contributed by atoms with van der Waals surface area (Å²) < 4.78 is 0. The van der Waals surface area contributed by atoms with Gasteiger partial charge in [0.2, 0.25) is 0 Å². The smallest absolute Gasteiger partial charge is 0.100 e. The molecule has 0 bridgehead atoms. The summed E-state index contributed by atoms with van der Waals surface area (Å²) in [6.07, 6.45) is 13.1. The number of piperidine rings is 1. The van der Waals surface area contributed by atoms with Crippen LogP contribution in [-0.4, -0.2) is 17.5 Å². The monoisotopic (exact) mass is 501 g/mol. The first-order valence-corrected chi connectivity index (χ1v) is 14.1. The van der Waals surface area contributed by atoms with Crippen LogP contribution < -0.4 is 0 Å². The molecule has 1 unspecified atom stereocenters. The number of rotatable bonds is 10. The van der Waals surface area contributed by atoms with Gasteiger partial charge < -0.3 is 0 Å². The van der Waals surface area contributed by atoms with Crippen LogP contribution in [0.1, 0.15) is 85.3 Å². The fraction of sp³-hybridized carbons (Fsp3) is 0.371. The Hall–Kier alpha value is -3.66. The van der Waals surface area contributed by atoms with E-state index in [0.717, 1.165) is 48.9 Å². The van der Waals surface area contributed by atoms with Gasteiger partial charge in [0.15, 0.2) is 0 Å². The number of aryl methyl sites for hydroxylation is 2. The summed E-state index contributed by atoms with van der Waals surface area (Å²) in [5.74, 6) is 0. The average molecular weight is 502 g/mol. The lowest BCUT2D eigenvalue weighted by Crippen LogP contribution is -2.37. The van der Waals surface area contributed by atoms with E-state index in [0.29, 0.717) is 18.0 Å².